The molecule has 1 aliphatic heterocycles. The third kappa shape index (κ3) is 4.29. The number of amides is 1. The fourth-order valence-electron chi connectivity index (χ4n) is 1.93. The van der Waals surface area contributed by atoms with E-state index in [-0.39, 0.29) is 11.9 Å². The van der Waals surface area contributed by atoms with Crippen LogP contribution in [0.1, 0.15) is 25.8 Å². The largest absolute Gasteiger partial charge is 0.271 e. The Bertz CT molecular complexity index is 510. The molecule has 0 aliphatic carbocycles. The predicted molar refractivity (Wildman–Crippen MR) is 80.9 cm³/mol. The van der Waals surface area contributed by atoms with E-state index in [1.54, 1.807) is 0 Å². The quantitative estimate of drug-likeness (QED) is 0.574. The van der Waals surface area contributed by atoms with E-state index in [2.05, 4.69) is 21.4 Å². The Morgan fingerprint density at radius 3 is 2.75 bits per heavy atom. The van der Waals surface area contributed by atoms with Crippen molar-refractivity contribution in [3.63, 3.8) is 0 Å². The fraction of sp³-hybridized carbons (Fsp3) is 0.333. The Morgan fingerprint density at radius 2 is 2.10 bits per heavy atom. The van der Waals surface area contributed by atoms with Gasteiger partial charge in [-0.3, -0.25) is 10.2 Å². The second kappa shape index (κ2) is 6.98. The van der Waals surface area contributed by atoms with Crippen molar-refractivity contribution in [2.45, 2.75) is 32.4 Å². The van der Waals surface area contributed by atoms with E-state index in [1.165, 1.54) is 0 Å². The zero-order valence-electron chi connectivity index (χ0n) is 11.8. The first kappa shape index (κ1) is 14.4. The first-order valence-corrected chi connectivity index (χ1v) is 6.73. The average Bonchev–Trinajstić information content (AvgIpc) is 2.90. The van der Waals surface area contributed by atoms with Crippen LogP contribution in [0.2, 0.25) is 0 Å². The second-order valence-corrected chi connectivity index (χ2v) is 4.95. The first-order valence-electron chi connectivity index (χ1n) is 6.73. The van der Waals surface area contributed by atoms with Crippen molar-refractivity contribution in [3.8, 4) is 0 Å². The third-order valence-electron chi connectivity index (χ3n) is 3.07. The van der Waals surface area contributed by atoms with E-state index < -0.39 is 0 Å². The Balaban J connectivity index is 1.85. The molecule has 1 aromatic rings. The summed E-state index contributed by atoms with van der Waals surface area (Å²) < 4.78 is 0. The summed E-state index contributed by atoms with van der Waals surface area (Å²) in [6.07, 6.45) is 4.60. The highest BCUT2D eigenvalue weighted by Crippen LogP contribution is 2.04. The van der Waals surface area contributed by atoms with E-state index in [0.29, 0.717) is 6.04 Å². The average molecular weight is 272 g/mol. The molecule has 20 heavy (non-hydrogen) atoms. The highest BCUT2D eigenvalue weighted by Gasteiger charge is 2.26. The van der Waals surface area contributed by atoms with Crippen LogP contribution in [0.25, 0.3) is 6.08 Å². The minimum absolute atomic E-state index is 0.116. The molecule has 2 unspecified atom stereocenters. The van der Waals surface area contributed by atoms with Gasteiger partial charge in [-0.15, -0.1) is 0 Å². The molecule has 1 fully saturated rings. The van der Waals surface area contributed by atoms with E-state index in [0.717, 1.165) is 17.7 Å². The second-order valence-electron chi connectivity index (χ2n) is 4.95. The van der Waals surface area contributed by atoms with Gasteiger partial charge in [0.2, 0.25) is 0 Å². The molecule has 106 valence electrons. The molecular formula is C15H20N4O. The van der Waals surface area contributed by atoms with Gasteiger partial charge >= 0.3 is 0 Å². The molecule has 3 N–H and O–H groups in total. The maximum Gasteiger partial charge on any atom is 0.258 e. The van der Waals surface area contributed by atoms with Crippen LogP contribution >= 0.6 is 0 Å². The Hall–Kier alpha value is -1.98. The van der Waals surface area contributed by atoms with Gasteiger partial charge in [0, 0.05) is 6.04 Å². The molecule has 0 spiro atoms. The highest BCUT2D eigenvalue weighted by molar-refractivity contribution is 5.97. The summed E-state index contributed by atoms with van der Waals surface area (Å²) in [4.78, 5) is 11.8. The Kier molecular flexibility index (Phi) is 5.03. The number of benzene rings is 1. The van der Waals surface area contributed by atoms with Crippen LogP contribution in [0.5, 0.6) is 0 Å². The third-order valence-corrected chi connectivity index (χ3v) is 3.07. The van der Waals surface area contributed by atoms with Crippen molar-refractivity contribution in [1.29, 1.82) is 0 Å². The van der Waals surface area contributed by atoms with E-state index >= 15 is 0 Å². The lowest BCUT2D eigenvalue weighted by Crippen LogP contribution is -2.41. The minimum Gasteiger partial charge on any atom is -0.271 e. The molecule has 0 saturated carbocycles. The summed E-state index contributed by atoms with van der Waals surface area (Å²) in [6.45, 7) is 3.88. The summed E-state index contributed by atoms with van der Waals surface area (Å²) in [5.74, 6) is -0.116. The first-order chi connectivity index (χ1) is 9.65. The van der Waals surface area contributed by atoms with Gasteiger partial charge in [-0.1, -0.05) is 36.4 Å². The number of nitrogens with zero attached hydrogens (tertiary/aromatic N) is 1. The van der Waals surface area contributed by atoms with Gasteiger partial charge in [0.25, 0.3) is 5.91 Å². The summed E-state index contributed by atoms with van der Waals surface area (Å²) in [5.41, 5.74) is 10.4. The summed E-state index contributed by atoms with van der Waals surface area (Å²) in [7, 11) is 0. The zero-order valence-corrected chi connectivity index (χ0v) is 11.8. The molecule has 1 amide bonds. The van der Waals surface area contributed by atoms with Crippen LogP contribution in [-0.2, 0) is 4.79 Å². The van der Waals surface area contributed by atoms with Crippen molar-refractivity contribution >= 4 is 17.7 Å². The molecule has 1 heterocycles. The van der Waals surface area contributed by atoms with Crippen molar-refractivity contribution in [2.24, 2.45) is 5.10 Å². The maximum atomic E-state index is 11.8. The minimum atomic E-state index is -0.223. The van der Waals surface area contributed by atoms with Crippen molar-refractivity contribution in [3.05, 3.63) is 42.0 Å². The standard InChI is InChI=1S/C15H20N4O/c1-11(8-9-13-6-4-3-5-7-13)16-19-15(20)14-10-12(2)17-18-14/h3-9,12,14,17-18H,10H2,1-2H3,(H,19,20)/b9-8+,16-11+. The number of hydrazine groups is 1. The van der Waals surface area contributed by atoms with Crippen molar-refractivity contribution in [2.75, 3.05) is 0 Å². The van der Waals surface area contributed by atoms with Crippen molar-refractivity contribution in [1.82, 2.24) is 16.3 Å². The fourth-order valence-corrected chi connectivity index (χ4v) is 1.93. The molecular weight excluding hydrogens is 252 g/mol. The van der Waals surface area contributed by atoms with Crippen LogP contribution in [0, 0.1) is 0 Å². The van der Waals surface area contributed by atoms with Gasteiger partial charge in [0.15, 0.2) is 0 Å². The number of hydrazone groups is 1. The molecule has 0 aromatic heterocycles. The van der Waals surface area contributed by atoms with Gasteiger partial charge in [0.1, 0.15) is 6.04 Å². The monoisotopic (exact) mass is 272 g/mol. The van der Waals surface area contributed by atoms with E-state index in [1.807, 2.05) is 56.3 Å². The van der Waals surface area contributed by atoms with Gasteiger partial charge in [0.05, 0.1) is 5.71 Å². The van der Waals surface area contributed by atoms with Crippen LogP contribution in [0.4, 0.5) is 0 Å². The molecule has 5 heteroatoms. The van der Waals surface area contributed by atoms with E-state index in [9.17, 15) is 4.79 Å². The number of hydrogen-bond donors (Lipinski definition) is 3. The molecule has 0 bridgehead atoms. The SMILES string of the molecule is CC(/C=C/c1ccccc1)=N\NC(=O)C1CC(C)NN1. The topological polar surface area (TPSA) is 65.5 Å². The summed E-state index contributed by atoms with van der Waals surface area (Å²) >= 11 is 0. The molecule has 1 saturated heterocycles. The smallest absolute Gasteiger partial charge is 0.258 e. The lowest BCUT2D eigenvalue weighted by molar-refractivity contribution is -0.122. The van der Waals surface area contributed by atoms with Crippen LogP contribution in [0.15, 0.2) is 41.5 Å². The summed E-state index contributed by atoms with van der Waals surface area (Å²) in [5, 5.41) is 4.07. The maximum absolute atomic E-state index is 11.8. The summed E-state index contributed by atoms with van der Waals surface area (Å²) in [6, 6.07) is 10.0. The highest BCUT2D eigenvalue weighted by atomic mass is 16.2. The zero-order chi connectivity index (χ0) is 14.4. The van der Waals surface area contributed by atoms with Crippen LogP contribution < -0.4 is 16.3 Å². The molecule has 5 nitrogen and oxygen atoms in total. The molecule has 0 radical (unpaired) electrons. The number of carbonyl (C=O) groups is 1. The molecule has 2 atom stereocenters. The van der Waals surface area contributed by atoms with Gasteiger partial charge in [-0.05, 0) is 31.9 Å². The lowest BCUT2D eigenvalue weighted by atomic mass is 10.1. The number of rotatable bonds is 4. The Labute approximate surface area is 119 Å². The van der Waals surface area contributed by atoms with Gasteiger partial charge < -0.3 is 0 Å². The normalized spacial score (nSPS) is 23.2. The number of hydrogen-bond acceptors (Lipinski definition) is 4. The number of allylic oxidation sites excluding steroid dienone is 1. The molecule has 2 rings (SSSR count). The van der Waals surface area contributed by atoms with E-state index in [4.69, 9.17) is 0 Å². The number of carbonyl (C=O) groups excluding carboxylic acids is 1. The molecule has 1 aromatic carbocycles. The van der Waals surface area contributed by atoms with Crippen molar-refractivity contribution < 1.29 is 4.79 Å². The van der Waals surface area contributed by atoms with Crippen LogP contribution in [-0.4, -0.2) is 23.7 Å². The number of nitrogens with one attached hydrogen (secondary N) is 3. The van der Waals surface area contributed by atoms with Gasteiger partial charge in [-0.2, -0.15) is 5.10 Å². The van der Waals surface area contributed by atoms with Gasteiger partial charge in [-0.25, -0.2) is 10.9 Å². The molecule has 1 aliphatic rings. The van der Waals surface area contributed by atoms with Crippen LogP contribution in [0.3, 0.4) is 0 Å². The predicted octanol–water partition coefficient (Wildman–Crippen LogP) is 1.45. The lowest BCUT2D eigenvalue weighted by Gasteiger charge is -2.06. The Morgan fingerprint density at radius 1 is 1.35 bits per heavy atom.